The molecule has 0 atom stereocenters. The van der Waals surface area contributed by atoms with E-state index in [0.29, 0.717) is 24.2 Å². The van der Waals surface area contributed by atoms with E-state index < -0.39 is 0 Å². The summed E-state index contributed by atoms with van der Waals surface area (Å²) in [5, 5.41) is 0. The van der Waals surface area contributed by atoms with Crippen LogP contribution in [0.25, 0.3) is 0 Å². The van der Waals surface area contributed by atoms with Crippen LogP contribution in [0, 0.1) is 11.7 Å². The van der Waals surface area contributed by atoms with Gasteiger partial charge in [0, 0.05) is 11.8 Å². The first kappa shape index (κ1) is 10.4. The molecule has 2 nitrogen and oxygen atoms in total. The smallest absolute Gasteiger partial charge is 0.183 e. The van der Waals surface area contributed by atoms with Crippen molar-refractivity contribution in [3.63, 3.8) is 0 Å². The lowest BCUT2D eigenvalue weighted by molar-refractivity contribution is 0.284. The largest absolute Gasteiger partial charge is 0.490 e. The highest BCUT2D eigenvalue weighted by molar-refractivity contribution is 5.26. The third-order valence-electron chi connectivity index (χ3n) is 2.60. The number of pyridine rings is 1. The predicted octanol–water partition coefficient (Wildman–Crippen LogP) is 3.13. The molecule has 1 aromatic rings. The minimum Gasteiger partial charge on any atom is -0.490 e. The first-order valence-corrected chi connectivity index (χ1v) is 5.45. The first-order chi connectivity index (χ1) is 7.16. The van der Waals surface area contributed by atoms with Crippen LogP contribution >= 0.6 is 0 Å². The molecule has 1 aliphatic carbocycles. The average molecular weight is 209 g/mol. The van der Waals surface area contributed by atoms with E-state index in [0.717, 1.165) is 5.69 Å². The van der Waals surface area contributed by atoms with Crippen molar-refractivity contribution in [3.8, 4) is 5.75 Å². The molecule has 0 bridgehead atoms. The topological polar surface area (TPSA) is 22.1 Å². The Morgan fingerprint density at radius 1 is 1.53 bits per heavy atom. The van der Waals surface area contributed by atoms with Gasteiger partial charge in [-0.1, -0.05) is 13.8 Å². The summed E-state index contributed by atoms with van der Waals surface area (Å²) in [7, 11) is 0. The van der Waals surface area contributed by atoms with E-state index in [9.17, 15) is 4.39 Å². The van der Waals surface area contributed by atoms with Gasteiger partial charge in [-0.2, -0.15) is 0 Å². The Balaban J connectivity index is 2.08. The highest BCUT2D eigenvalue weighted by Crippen LogP contribution is 2.30. The predicted molar refractivity (Wildman–Crippen MR) is 56.5 cm³/mol. The van der Waals surface area contributed by atoms with Gasteiger partial charge in [-0.15, -0.1) is 0 Å². The summed E-state index contributed by atoms with van der Waals surface area (Å²) in [6, 6.07) is 1.71. The van der Waals surface area contributed by atoms with E-state index >= 15 is 0 Å². The van der Waals surface area contributed by atoms with Crippen LogP contribution in [0.2, 0.25) is 0 Å². The van der Waals surface area contributed by atoms with E-state index in [2.05, 4.69) is 4.98 Å². The van der Waals surface area contributed by atoms with Crippen LogP contribution in [-0.2, 0) is 0 Å². The third-order valence-corrected chi connectivity index (χ3v) is 2.60. The van der Waals surface area contributed by atoms with Gasteiger partial charge in [-0.05, 0) is 24.7 Å². The number of nitrogens with zero attached hydrogens (tertiary/aromatic N) is 1. The maximum absolute atomic E-state index is 13.3. The molecule has 0 aromatic carbocycles. The van der Waals surface area contributed by atoms with Crippen LogP contribution in [0.1, 0.15) is 38.3 Å². The molecule has 15 heavy (non-hydrogen) atoms. The summed E-state index contributed by atoms with van der Waals surface area (Å²) in [4.78, 5) is 4.03. The van der Waals surface area contributed by atoms with Crippen LogP contribution < -0.4 is 4.74 Å². The van der Waals surface area contributed by atoms with Gasteiger partial charge in [0.25, 0.3) is 0 Å². The van der Waals surface area contributed by atoms with Crippen LogP contribution in [-0.4, -0.2) is 11.6 Å². The molecule has 1 saturated carbocycles. The second-order valence-corrected chi connectivity index (χ2v) is 4.45. The molecule has 82 valence electrons. The third kappa shape index (κ3) is 2.67. The van der Waals surface area contributed by atoms with Gasteiger partial charge in [-0.25, -0.2) is 4.39 Å². The van der Waals surface area contributed by atoms with Crippen LogP contribution in [0.15, 0.2) is 12.3 Å². The number of halogens is 1. The molecule has 0 saturated heterocycles. The van der Waals surface area contributed by atoms with E-state index in [1.807, 2.05) is 13.8 Å². The number of aromatic nitrogens is 1. The number of hydrogen-bond donors (Lipinski definition) is 0. The second kappa shape index (κ2) is 4.17. The molecule has 2 rings (SSSR count). The molecular weight excluding hydrogens is 193 g/mol. The molecular formula is C12H16FNO. The quantitative estimate of drug-likeness (QED) is 0.760. The Hall–Kier alpha value is -1.12. The van der Waals surface area contributed by atoms with Crippen molar-refractivity contribution in [2.45, 2.75) is 32.6 Å². The van der Waals surface area contributed by atoms with Crippen LogP contribution in [0.5, 0.6) is 5.75 Å². The van der Waals surface area contributed by atoms with Crippen molar-refractivity contribution >= 4 is 0 Å². The summed E-state index contributed by atoms with van der Waals surface area (Å²) < 4.78 is 18.8. The zero-order valence-electron chi connectivity index (χ0n) is 9.16. The fourth-order valence-corrected chi connectivity index (χ4v) is 1.35. The standard InChI is InChI=1S/C12H16FNO/c1-8(2)11-5-12(10(13)6-14-11)15-7-9-3-4-9/h5-6,8-9H,3-4,7H2,1-2H3. The Morgan fingerprint density at radius 3 is 2.87 bits per heavy atom. The second-order valence-electron chi connectivity index (χ2n) is 4.45. The highest BCUT2D eigenvalue weighted by atomic mass is 19.1. The molecule has 0 radical (unpaired) electrons. The zero-order chi connectivity index (χ0) is 10.8. The van der Waals surface area contributed by atoms with Gasteiger partial charge in [0.15, 0.2) is 11.6 Å². The molecule has 3 heteroatoms. The van der Waals surface area contributed by atoms with E-state index in [1.165, 1.54) is 19.0 Å². The van der Waals surface area contributed by atoms with Crippen LogP contribution in [0.3, 0.4) is 0 Å². The molecule has 0 aliphatic heterocycles. The summed E-state index contributed by atoms with van der Waals surface area (Å²) in [6.45, 7) is 4.70. The SMILES string of the molecule is CC(C)c1cc(OCC2CC2)c(F)cn1. The minimum atomic E-state index is -0.361. The number of ether oxygens (including phenoxy) is 1. The minimum absolute atomic E-state index is 0.300. The lowest BCUT2D eigenvalue weighted by atomic mass is 10.1. The van der Waals surface area contributed by atoms with Gasteiger partial charge in [0.2, 0.25) is 0 Å². The Kier molecular flexibility index (Phi) is 2.89. The summed E-state index contributed by atoms with van der Waals surface area (Å²) in [5.74, 6) is 0.926. The fraction of sp³-hybridized carbons (Fsp3) is 0.583. The van der Waals surface area contributed by atoms with Crippen molar-refractivity contribution < 1.29 is 9.13 Å². The maximum Gasteiger partial charge on any atom is 0.183 e. The molecule has 1 fully saturated rings. The fourth-order valence-electron chi connectivity index (χ4n) is 1.35. The summed E-state index contributed by atoms with van der Waals surface area (Å²) in [6.07, 6.45) is 3.67. The molecule has 1 heterocycles. The van der Waals surface area contributed by atoms with Crippen LogP contribution in [0.4, 0.5) is 4.39 Å². The molecule has 1 aromatic heterocycles. The molecule has 0 spiro atoms. The van der Waals surface area contributed by atoms with Crippen molar-refractivity contribution in [2.75, 3.05) is 6.61 Å². The Bertz CT molecular complexity index is 347. The van der Waals surface area contributed by atoms with Crippen molar-refractivity contribution in [2.24, 2.45) is 5.92 Å². The van der Waals surface area contributed by atoms with Gasteiger partial charge in [-0.3, -0.25) is 4.98 Å². The summed E-state index contributed by atoms with van der Waals surface area (Å²) in [5.41, 5.74) is 0.877. The number of rotatable bonds is 4. The first-order valence-electron chi connectivity index (χ1n) is 5.45. The maximum atomic E-state index is 13.3. The van der Waals surface area contributed by atoms with Gasteiger partial charge in [0.1, 0.15) is 0 Å². The highest BCUT2D eigenvalue weighted by Gasteiger charge is 2.22. The van der Waals surface area contributed by atoms with Crippen molar-refractivity contribution in [1.29, 1.82) is 0 Å². The lowest BCUT2D eigenvalue weighted by Gasteiger charge is -2.09. The summed E-state index contributed by atoms with van der Waals surface area (Å²) >= 11 is 0. The van der Waals surface area contributed by atoms with Gasteiger partial charge in [0.05, 0.1) is 12.8 Å². The Labute approximate surface area is 89.5 Å². The van der Waals surface area contributed by atoms with Crippen molar-refractivity contribution in [1.82, 2.24) is 4.98 Å². The number of hydrogen-bond acceptors (Lipinski definition) is 2. The van der Waals surface area contributed by atoms with Gasteiger partial charge >= 0.3 is 0 Å². The zero-order valence-corrected chi connectivity index (χ0v) is 9.16. The van der Waals surface area contributed by atoms with Crippen molar-refractivity contribution in [3.05, 3.63) is 23.8 Å². The lowest BCUT2D eigenvalue weighted by Crippen LogP contribution is -2.03. The van der Waals surface area contributed by atoms with E-state index in [-0.39, 0.29) is 5.82 Å². The Morgan fingerprint density at radius 2 is 2.27 bits per heavy atom. The molecule has 1 aliphatic rings. The normalized spacial score (nSPS) is 15.7. The molecule has 0 N–H and O–H groups in total. The van der Waals surface area contributed by atoms with E-state index in [4.69, 9.17) is 4.74 Å². The molecule has 0 amide bonds. The average Bonchev–Trinajstić information content (AvgIpc) is 3.00. The van der Waals surface area contributed by atoms with E-state index in [1.54, 1.807) is 6.07 Å². The monoisotopic (exact) mass is 209 g/mol. The van der Waals surface area contributed by atoms with Gasteiger partial charge < -0.3 is 4.74 Å². The molecule has 0 unspecified atom stereocenters.